The van der Waals surface area contributed by atoms with Gasteiger partial charge in [-0.2, -0.15) is 0 Å². The Kier molecular flexibility index (Phi) is 5.23. The summed E-state index contributed by atoms with van der Waals surface area (Å²) in [5.74, 6) is 0.467. The summed E-state index contributed by atoms with van der Waals surface area (Å²) >= 11 is 12.3. The van der Waals surface area contributed by atoms with Gasteiger partial charge >= 0.3 is 0 Å². The molecule has 3 rings (SSSR count). The number of rotatable bonds is 4. The number of carbonyl (C=O) groups is 1. The average Bonchev–Trinajstić information content (AvgIpc) is 2.84. The van der Waals surface area contributed by atoms with Gasteiger partial charge in [0.25, 0.3) is 5.91 Å². The van der Waals surface area contributed by atoms with Crippen LogP contribution in [0.3, 0.4) is 0 Å². The van der Waals surface area contributed by atoms with E-state index in [1.165, 1.54) is 17.3 Å². The second-order valence-electron chi connectivity index (χ2n) is 5.31. The molecule has 1 saturated heterocycles. The zero-order valence-corrected chi connectivity index (χ0v) is 15.2. The Morgan fingerprint density at radius 1 is 1.29 bits per heavy atom. The number of nitrogens with one attached hydrogen (secondary N) is 1. The molecule has 1 amide bonds. The van der Waals surface area contributed by atoms with Gasteiger partial charge in [0.1, 0.15) is 16.7 Å². The molecule has 24 heavy (non-hydrogen) atoms. The number of thiocarbonyl (C=S) groups is 1. The van der Waals surface area contributed by atoms with Crippen LogP contribution in [-0.4, -0.2) is 10.2 Å². The summed E-state index contributed by atoms with van der Waals surface area (Å²) in [5, 5.41) is 3.18. The molecule has 0 saturated carbocycles. The lowest BCUT2D eigenvalue weighted by molar-refractivity contribution is -0.115. The Morgan fingerprint density at radius 2 is 2.12 bits per heavy atom. The molecule has 0 aliphatic carbocycles. The van der Waals surface area contributed by atoms with Gasteiger partial charge in [0, 0.05) is 10.6 Å². The van der Waals surface area contributed by atoms with Crippen LogP contribution in [0.15, 0.2) is 47.4 Å². The minimum absolute atomic E-state index is 0.199. The molecule has 2 aromatic rings. The standard InChI is InChI=1S/C18H14ClNO2S2/c1-11-3-2-4-12(7-11)10-22-15-6-5-14(19)8-13(15)9-16-17(21)20-18(23)24-16/h2-9H,10H2,1H3,(H,20,21,23). The van der Waals surface area contributed by atoms with Crippen molar-refractivity contribution in [1.29, 1.82) is 0 Å². The maximum atomic E-state index is 11.8. The van der Waals surface area contributed by atoms with Crippen LogP contribution >= 0.6 is 35.6 Å². The van der Waals surface area contributed by atoms with Crippen molar-refractivity contribution in [2.45, 2.75) is 13.5 Å². The maximum Gasteiger partial charge on any atom is 0.263 e. The highest BCUT2D eigenvalue weighted by atomic mass is 35.5. The lowest BCUT2D eigenvalue weighted by Crippen LogP contribution is -2.17. The van der Waals surface area contributed by atoms with Gasteiger partial charge in [-0.1, -0.05) is 65.4 Å². The molecule has 0 radical (unpaired) electrons. The molecule has 2 aromatic carbocycles. The summed E-state index contributed by atoms with van der Waals surface area (Å²) in [5.41, 5.74) is 3.01. The first-order chi connectivity index (χ1) is 11.5. The highest BCUT2D eigenvalue weighted by Crippen LogP contribution is 2.31. The maximum absolute atomic E-state index is 11.8. The summed E-state index contributed by atoms with van der Waals surface area (Å²) in [6, 6.07) is 13.5. The van der Waals surface area contributed by atoms with E-state index in [2.05, 4.69) is 11.4 Å². The van der Waals surface area contributed by atoms with E-state index in [1.807, 2.05) is 25.1 Å². The van der Waals surface area contributed by atoms with Crippen LogP contribution in [0.2, 0.25) is 5.02 Å². The predicted octanol–water partition coefficient (Wildman–Crippen LogP) is 4.72. The summed E-state index contributed by atoms with van der Waals surface area (Å²) in [4.78, 5) is 12.4. The Hall–Kier alpha value is -1.82. The molecule has 1 N–H and O–H groups in total. The van der Waals surface area contributed by atoms with Crippen molar-refractivity contribution in [3.8, 4) is 5.75 Å². The lowest BCUT2D eigenvalue weighted by atomic mass is 10.1. The zero-order chi connectivity index (χ0) is 17.1. The van der Waals surface area contributed by atoms with Crippen LogP contribution in [-0.2, 0) is 11.4 Å². The van der Waals surface area contributed by atoms with Gasteiger partial charge < -0.3 is 10.1 Å². The van der Waals surface area contributed by atoms with Gasteiger partial charge in [0.2, 0.25) is 0 Å². The average molecular weight is 376 g/mol. The highest BCUT2D eigenvalue weighted by molar-refractivity contribution is 8.26. The highest BCUT2D eigenvalue weighted by Gasteiger charge is 2.22. The summed E-state index contributed by atoms with van der Waals surface area (Å²) in [6.45, 7) is 2.48. The predicted molar refractivity (Wildman–Crippen MR) is 103 cm³/mol. The van der Waals surface area contributed by atoms with E-state index in [9.17, 15) is 4.79 Å². The molecule has 122 valence electrons. The molecule has 1 heterocycles. The largest absolute Gasteiger partial charge is 0.488 e. The van der Waals surface area contributed by atoms with Crippen LogP contribution in [0, 0.1) is 6.92 Å². The van der Waals surface area contributed by atoms with Crippen molar-refractivity contribution in [2.75, 3.05) is 0 Å². The molecular formula is C18H14ClNO2S2. The van der Waals surface area contributed by atoms with Crippen molar-refractivity contribution < 1.29 is 9.53 Å². The van der Waals surface area contributed by atoms with Crippen LogP contribution in [0.5, 0.6) is 5.75 Å². The summed E-state index contributed by atoms with van der Waals surface area (Å²) in [7, 11) is 0. The Labute approximate surface area is 155 Å². The molecule has 6 heteroatoms. The normalized spacial score (nSPS) is 15.7. The zero-order valence-electron chi connectivity index (χ0n) is 12.8. The first-order valence-electron chi connectivity index (χ1n) is 7.24. The Morgan fingerprint density at radius 3 is 2.83 bits per heavy atom. The Balaban J connectivity index is 1.84. The van der Waals surface area contributed by atoms with Gasteiger partial charge in [-0.25, -0.2) is 0 Å². The minimum atomic E-state index is -0.199. The number of thioether (sulfide) groups is 1. The van der Waals surface area contributed by atoms with Gasteiger partial charge in [0.05, 0.1) is 4.91 Å². The first kappa shape index (κ1) is 17.0. The fourth-order valence-corrected chi connectivity index (χ4v) is 3.50. The monoisotopic (exact) mass is 375 g/mol. The van der Waals surface area contributed by atoms with E-state index in [-0.39, 0.29) is 5.91 Å². The third kappa shape index (κ3) is 4.17. The molecule has 0 aromatic heterocycles. The number of aryl methyl sites for hydroxylation is 1. The fourth-order valence-electron chi connectivity index (χ4n) is 2.29. The van der Waals surface area contributed by atoms with Crippen LogP contribution in [0.1, 0.15) is 16.7 Å². The van der Waals surface area contributed by atoms with E-state index in [0.717, 1.165) is 11.1 Å². The Bertz CT molecular complexity index is 849. The van der Waals surface area contributed by atoms with Gasteiger partial charge in [-0.05, 0) is 36.8 Å². The number of benzene rings is 2. The number of hydrogen-bond acceptors (Lipinski definition) is 4. The molecule has 3 nitrogen and oxygen atoms in total. The van der Waals surface area contributed by atoms with E-state index in [1.54, 1.807) is 24.3 Å². The molecular weight excluding hydrogens is 362 g/mol. The number of amides is 1. The number of hydrogen-bond donors (Lipinski definition) is 1. The summed E-state index contributed by atoms with van der Waals surface area (Å²) < 4.78 is 6.38. The van der Waals surface area contributed by atoms with E-state index >= 15 is 0 Å². The van der Waals surface area contributed by atoms with E-state index in [4.69, 9.17) is 28.6 Å². The van der Waals surface area contributed by atoms with E-state index in [0.29, 0.717) is 26.6 Å². The van der Waals surface area contributed by atoms with Crippen LogP contribution < -0.4 is 10.1 Å². The second kappa shape index (κ2) is 7.38. The van der Waals surface area contributed by atoms with Gasteiger partial charge in [-0.15, -0.1) is 0 Å². The first-order valence-corrected chi connectivity index (χ1v) is 8.84. The molecule has 0 atom stereocenters. The van der Waals surface area contributed by atoms with Crippen molar-refractivity contribution >= 4 is 51.9 Å². The van der Waals surface area contributed by atoms with E-state index < -0.39 is 0 Å². The molecule has 1 aliphatic rings. The lowest BCUT2D eigenvalue weighted by Gasteiger charge is -2.10. The summed E-state index contributed by atoms with van der Waals surface area (Å²) in [6.07, 6.45) is 1.75. The van der Waals surface area contributed by atoms with Crippen LogP contribution in [0.25, 0.3) is 6.08 Å². The number of halogens is 1. The van der Waals surface area contributed by atoms with Crippen LogP contribution in [0.4, 0.5) is 0 Å². The van der Waals surface area contributed by atoms with Gasteiger partial charge in [-0.3, -0.25) is 4.79 Å². The third-order valence-electron chi connectivity index (χ3n) is 3.38. The van der Waals surface area contributed by atoms with Crippen molar-refractivity contribution in [2.24, 2.45) is 0 Å². The van der Waals surface area contributed by atoms with Crippen molar-refractivity contribution in [3.63, 3.8) is 0 Å². The quantitative estimate of drug-likeness (QED) is 0.620. The third-order valence-corrected chi connectivity index (χ3v) is 4.78. The molecule has 1 aliphatic heterocycles. The topological polar surface area (TPSA) is 38.3 Å². The molecule has 0 bridgehead atoms. The number of carbonyl (C=O) groups excluding carboxylic acids is 1. The fraction of sp³-hybridized carbons (Fsp3) is 0.111. The smallest absolute Gasteiger partial charge is 0.263 e. The molecule has 0 unspecified atom stereocenters. The molecule has 1 fully saturated rings. The van der Waals surface area contributed by atoms with Crippen molar-refractivity contribution in [3.05, 3.63) is 69.1 Å². The second-order valence-corrected chi connectivity index (χ2v) is 7.47. The van der Waals surface area contributed by atoms with Gasteiger partial charge in [0.15, 0.2) is 0 Å². The molecule has 0 spiro atoms. The number of ether oxygens (including phenoxy) is 1. The minimum Gasteiger partial charge on any atom is -0.488 e. The van der Waals surface area contributed by atoms with Crippen molar-refractivity contribution in [1.82, 2.24) is 5.32 Å². The SMILES string of the molecule is Cc1cccc(COc2ccc(Cl)cc2C=C2SC(=S)NC2=O)c1.